The Morgan fingerprint density at radius 2 is 1.92 bits per heavy atom. The molecule has 2 aliphatic rings. The number of benzene rings is 1. The molecule has 4 rings (SSSR count). The van der Waals surface area contributed by atoms with Crippen molar-refractivity contribution in [1.29, 1.82) is 0 Å². The molecule has 4 nitrogen and oxygen atoms in total. The average molecular weight is 339 g/mol. The van der Waals surface area contributed by atoms with Gasteiger partial charge in [-0.15, -0.1) is 0 Å². The van der Waals surface area contributed by atoms with Crippen LogP contribution in [0.25, 0.3) is 10.9 Å². The van der Waals surface area contributed by atoms with E-state index in [1.807, 2.05) is 12.1 Å². The molecule has 0 N–H and O–H groups in total. The van der Waals surface area contributed by atoms with Gasteiger partial charge in [0.2, 0.25) is 0 Å². The second-order valence-electron chi connectivity index (χ2n) is 7.52. The highest BCUT2D eigenvalue weighted by atomic mass is 16.5. The fourth-order valence-electron chi connectivity index (χ4n) is 4.38. The van der Waals surface area contributed by atoms with Gasteiger partial charge in [0.05, 0.1) is 7.11 Å². The maximum absolute atomic E-state index is 5.50. The summed E-state index contributed by atoms with van der Waals surface area (Å²) in [5, 5.41) is 1.14. The van der Waals surface area contributed by atoms with Gasteiger partial charge in [0.25, 0.3) is 0 Å². The van der Waals surface area contributed by atoms with Crippen LogP contribution in [0.15, 0.2) is 30.3 Å². The Hall–Kier alpha value is -1.81. The summed E-state index contributed by atoms with van der Waals surface area (Å²) >= 11 is 0. The summed E-state index contributed by atoms with van der Waals surface area (Å²) in [4.78, 5) is 10.1. The molecule has 2 saturated heterocycles. The maximum atomic E-state index is 5.50. The van der Waals surface area contributed by atoms with E-state index in [1.165, 1.54) is 51.7 Å². The Kier molecular flexibility index (Phi) is 5.07. The number of hydrogen-bond donors (Lipinski definition) is 0. The topological polar surface area (TPSA) is 28.6 Å². The molecule has 2 fully saturated rings. The van der Waals surface area contributed by atoms with Crippen molar-refractivity contribution < 1.29 is 4.74 Å². The lowest BCUT2D eigenvalue weighted by Gasteiger charge is -2.37. The molecule has 2 aromatic rings. The van der Waals surface area contributed by atoms with Gasteiger partial charge < -0.3 is 14.5 Å². The van der Waals surface area contributed by atoms with Gasteiger partial charge >= 0.3 is 0 Å². The van der Waals surface area contributed by atoms with Crippen molar-refractivity contribution in [1.82, 2.24) is 9.88 Å². The smallest absolute Gasteiger partial charge is 0.145 e. The highest BCUT2D eigenvalue weighted by Gasteiger charge is 2.24. The molecular formula is C21H29N3O. The Morgan fingerprint density at radius 3 is 2.76 bits per heavy atom. The first-order valence-electron chi connectivity index (χ1n) is 9.74. The first-order chi connectivity index (χ1) is 12.3. The molecule has 0 aliphatic carbocycles. The Balaban J connectivity index is 1.49. The van der Waals surface area contributed by atoms with Crippen LogP contribution in [0.5, 0.6) is 5.75 Å². The third kappa shape index (κ3) is 3.74. The molecule has 0 unspecified atom stereocenters. The van der Waals surface area contributed by atoms with Crippen molar-refractivity contribution in [3.8, 4) is 5.75 Å². The number of piperidine rings is 2. The molecule has 0 spiro atoms. The van der Waals surface area contributed by atoms with Gasteiger partial charge in [-0.2, -0.15) is 0 Å². The number of likely N-dealkylation sites (tertiary alicyclic amines) is 1. The van der Waals surface area contributed by atoms with Gasteiger partial charge in [0.1, 0.15) is 17.1 Å². The summed E-state index contributed by atoms with van der Waals surface area (Å²) < 4.78 is 5.50. The van der Waals surface area contributed by atoms with E-state index < -0.39 is 0 Å². The van der Waals surface area contributed by atoms with Crippen LogP contribution in [-0.2, 0) is 0 Å². The van der Waals surface area contributed by atoms with E-state index in [0.29, 0.717) is 0 Å². The van der Waals surface area contributed by atoms with Crippen molar-refractivity contribution in [3.63, 3.8) is 0 Å². The highest BCUT2D eigenvalue weighted by molar-refractivity contribution is 5.85. The van der Waals surface area contributed by atoms with Gasteiger partial charge in [-0.3, -0.25) is 0 Å². The van der Waals surface area contributed by atoms with Crippen LogP contribution in [0.4, 0.5) is 5.82 Å². The SMILES string of the molecule is COc1cccc2ccc(N3CCC[C@@H](CN4CCCCC4)C3)nc12. The second-order valence-corrected chi connectivity index (χ2v) is 7.52. The largest absolute Gasteiger partial charge is 0.494 e. The van der Waals surface area contributed by atoms with Gasteiger partial charge in [0, 0.05) is 25.0 Å². The van der Waals surface area contributed by atoms with Crippen LogP contribution in [0.1, 0.15) is 32.1 Å². The van der Waals surface area contributed by atoms with E-state index in [4.69, 9.17) is 9.72 Å². The Labute approximate surface area is 150 Å². The number of nitrogens with zero attached hydrogens (tertiary/aromatic N) is 3. The fourth-order valence-corrected chi connectivity index (χ4v) is 4.38. The van der Waals surface area contributed by atoms with Crippen LogP contribution >= 0.6 is 0 Å². The first kappa shape index (κ1) is 16.6. The number of para-hydroxylation sites is 1. The number of hydrogen-bond acceptors (Lipinski definition) is 4. The van der Waals surface area contributed by atoms with Crippen LogP contribution < -0.4 is 9.64 Å². The molecule has 0 saturated carbocycles. The Bertz CT molecular complexity index is 711. The van der Waals surface area contributed by atoms with Gasteiger partial charge in [0.15, 0.2) is 0 Å². The number of aromatic nitrogens is 1. The minimum Gasteiger partial charge on any atom is -0.494 e. The predicted octanol–water partition coefficient (Wildman–Crippen LogP) is 3.95. The second kappa shape index (κ2) is 7.61. The zero-order chi connectivity index (χ0) is 17.1. The summed E-state index contributed by atoms with van der Waals surface area (Å²) in [6.45, 7) is 6.09. The molecule has 3 heterocycles. The molecule has 4 heteroatoms. The van der Waals surface area contributed by atoms with E-state index >= 15 is 0 Å². The predicted molar refractivity (Wildman–Crippen MR) is 104 cm³/mol. The molecule has 0 amide bonds. The van der Waals surface area contributed by atoms with E-state index in [2.05, 4.69) is 28.0 Å². The number of anilines is 1. The molecule has 0 radical (unpaired) electrons. The van der Waals surface area contributed by atoms with Crippen molar-refractivity contribution in [2.24, 2.45) is 5.92 Å². The average Bonchev–Trinajstić information content (AvgIpc) is 2.68. The van der Waals surface area contributed by atoms with E-state index in [0.717, 1.165) is 41.5 Å². The van der Waals surface area contributed by atoms with Gasteiger partial charge in [-0.05, 0) is 62.9 Å². The molecular weight excluding hydrogens is 310 g/mol. The number of pyridine rings is 1. The Morgan fingerprint density at radius 1 is 1.04 bits per heavy atom. The minimum atomic E-state index is 0.766. The van der Waals surface area contributed by atoms with Crippen LogP contribution in [0, 0.1) is 5.92 Å². The lowest BCUT2D eigenvalue weighted by atomic mass is 9.96. The van der Waals surface area contributed by atoms with E-state index in [-0.39, 0.29) is 0 Å². The molecule has 2 aliphatic heterocycles. The van der Waals surface area contributed by atoms with Gasteiger partial charge in [-0.25, -0.2) is 4.98 Å². The third-order valence-corrected chi connectivity index (χ3v) is 5.70. The number of methoxy groups -OCH3 is 1. The standard InChI is InChI=1S/C21H29N3O/c1-25-19-9-5-8-18-10-11-20(22-21(18)19)24-14-6-7-17(16-24)15-23-12-3-2-4-13-23/h5,8-11,17H,2-4,6-7,12-16H2,1H3/t17-/m0/s1. The van der Waals surface area contributed by atoms with Crippen LogP contribution in [0.2, 0.25) is 0 Å². The molecule has 25 heavy (non-hydrogen) atoms. The summed E-state index contributed by atoms with van der Waals surface area (Å²) in [6, 6.07) is 10.5. The zero-order valence-electron chi connectivity index (χ0n) is 15.3. The molecule has 1 atom stereocenters. The van der Waals surface area contributed by atoms with Crippen LogP contribution in [-0.4, -0.2) is 49.7 Å². The maximum Gasteiger partial charge on any atom is 0.145 e. The fraction of sp³-hybridized carbons (Fsp3) is 0.571. The number of fused-ring (bicyclic) bond motifs is 1. The normalized spacial score (nSPS) is 22.3. The molecule has 0 bridgehead atoms. The highest BCUT2D eigenvalue weighted by Crippen LogP contribution is 2.28. The monoisotopic (exact) mass is 339 g/mol. The summed E-state index contributed by atoms with van der Waals surface area (Å²) in [5.74, 6) is 2.73. The van der Waals surface area contributed by atoms with E-state index in [1.54, 1.807) is 7.11 Å². The number of rotatable bonds is 4. The lowest BCUT2D eigenvalue weighted by molar-refractivity contribution is 0.185. The molecule has 134 valence electrons. The van der Waals surface area contributed by atoms with Gasteiger partial charge in [-0.1, -0.05) is 18.6 Å². The van der Waals surface area contributed by atoms with Crippen LogP contribution in [0.3, 0.4) is 0 Å². The lowest BCUT2D eigenvalue weighted by Crippen LogP contribution is -2.42. The quantitative estimate of drug-likeness (QED) is 0.843. The summed E-state index contributed by atoms with van der Waals surface area (Å²) in [6.07, 6.45) is 6.79. The summed E-state index contributed by atoms with van der Waals surface area (Å²) in [5.41, 5.74) is 0.973. The zero-order valence-corrected chi connectivity index (χ0v) is 15.3. The molecule has 1 aromatic carbocycles. The number of ether oxygens (including phenoxy) is 1. The van der Waals surface area contributed by atoms with Crippen molar-refractivity contribution in [2.45, 2.75) is 32.1 Å². The van der Waals surface area contributed by atoms with Crippen molar-refractivity contribution in [3.05, 3.63) is 30.3 Å². The van der Waals surface area contributed by atoms with E-state index in [9.17, 15) is 0 Å². The first-order valence-corrected chi connectivity index (χ1v) is 9.74. The summed E-state index contributed by atoms with van der Waals surface area (Å²) in [7, 11) is 1.72. The van der Waals surface area contributed by atoms with Crippen molar-refractivity contribution in [2.75, 3.05) is 44.7 Å². The third-order valence-electron chi connectivity index (χ3n) is 5.70. The van der Waals surface area contributed by atoms with Crippen molar-refractivity contribution >= 4 is 16.7 Å². The minimum absolute atomic E-state index is 0.766. The molecule has 1 aromatic heterocycles.